The summed E-state index contributed by atoms with van der Waals surface area (Å²) in [6.45, 7) is 2.84. The molecule has 2 aromatic rings. The summed E-state index contributed by atoms with van der Waals surface area (Å²) in [5.74, 6) is -0.323. The molecule has 1 unspecified atom stereocenters. The lowest BCUT2D eigenvalue weighted by Gasteiger charge is -2.19. The minimum atomic E-state index is -0.444. The molecular formula is C20H22FN3O2. The summed E-state index contributed by atoms with van der Waals surface area (Å²) in [6.07, 6.45) is 1.46. The number of carbonyl (C=O) groups excluding carboxylic acids is 2. The lowest BCUT2D eigenvalue weighted by Crippen LogP contribution is -2.37. The fraction of sp³-hybridized carbons (Fsp3) is 0.300. The Morgan fingerprint density at radius 2 is 2.00 bits per heavy atom. The van der Waals surface area contributed by atoms with Gasteiger partial charge >= 0.3 is 0 Å². The Kier molecular flexibility index (Phi) is 5.51. The SMILES string of the molecule is CC(Nc1cccc(N2CCCC2=O)c1)C(=O)NCc1ccc(F)cc1. The van der Waals surface area contributed by atoms with Gasteiger partial charge in [0.05, 0.1) is 0 Å². The molecule has 2 amide bonds. The lowest BCUT2D eigenvalue weighted by molar-refractivity contribution is -0.121. The van der Waals surface area contributed by atoms with Crippen molar-refractivity contribution in [3.05, 3.63) is 59.9 Å². The highest BCUT2D eigenvalue weighted by atomic mass is 19.1. The van der Waals surface area contributed by atoms with Gasteiger partial charge in [-0.25, -0.2) is 4.39 Å². The summed E-state index contributed by atoms with van der Waals surface area (Å²) in [7, 11) is 0. The molecule has 1 atom stereocenters. The van der Waals surface area contributed by atoms with E-state index in [9.17, 15) is 14.0 Å². The molecule has 0 spiro atoms. The number of nitrogens with one attached hydrogen (secondary N) is 2. The third-order valence-electron chi connectivity index (χ3n) is 4.39. The van der Waals surface area contributed by atoms with E-state index in [4.69, 9.17) is 0 Å². The van der Waals surface area contributed by atoms with Crippen LogP contribution < -0.4 is 15.5 Å². The largest absolute Gasteiger partial charge is 0.374 e. The summed E-state index contributed by atoms with van der Waals surface area (Å²) >= 11 is 0. The number of benzene rings is 2. The van der Waals surface area contributed by atoms with Crippen molar-refractivity contribution in [2.24, 2.45) is 0 Å². The number of anilines is 2. The van der Waals surface area contributed by atoms with Gasteiger partial charge in [-0.05, 0) is 49.2 Å². The zero-order chi connectivity index (χ0) is 18.5. The van der Waals surface area contributed by atoms with Crippen LogP contribution in [-0.2, 0) is 16.1 Å². The summed E-state index contributed by atoms with van der Waals surface area (Å²) in [5.41, 5.74) is 2.46. The minimum absolute atomic E-state index is 0.132. The first-order valence-electron chi connectivity index (χ1n) is 8.72. The summed E-state index contributed by atoms with van der Waals surface area (Å²) in [6, 6.07) is 13.1. The Morgan fingerprint density at radius 1 is 1.23 bits per heavy atom. The van der Waals surface area contributed by atoms with E-state index >= 15 is 0 Å². The smallest absolute Gasteiger partial charge is 0.242 e. The van der Waals surface area contributed by atoms with Crippen molar-refractivity contribution < 1.29 is 14.0 Å². The standard InChI is InChI=1S/C20H22FN3O2/c1-14(20(26)22-13-15-7-9-16(21)10-8-15)23-17-4-2-5-18(12-17)24-11-3-6-19(24)25/h2,4-5,7-10,12,14,23H,3,6,11,13H2,1H3,(H,22,26). The molecule has 1 fully saturated rings. The van der Waals surface area contributed by atoms with Gasteiger partial charge in [-0.15, -0.1) is 0 Å². The van der Waals surface area contributed by atoms with Crippen LogP contribution in [-0.4, -0.2) is 24.4 Å². The van der Waals surface area contributed by atoms with Crippen molar-refractivity contribution >= 4 is 23.2 Å². The maximum atomic E-state index is 12.9. The van der Waals surface area contributed by atoms with Crippen molar-refractivity contribution in [1.82, 2.24) is 5.32 Å². The molecule has 6 heteroatoms. The van der Waals surface area contributed by atoms with Crippen LogP contribution in [0.2, 0.25) is 0 Å². The number of hydrogen-bond acceptors (Lipinski definition) is 3. The first-order valence-corrected chi connectivity index (χ1v) is 8.72. The Labute approximate surface area is 152 Å². The summed E-state index contributed by atoms with van der Waals surface area (Å²) in [4.78, 5) is 25.9. The van der Waals surface area contributed by atoms with Gasteiger partial charge in [0.15, 0.2) is 0 Å². The predicted molar refractivity (Wildman–Crippen MR) is 99.4 cm³/mol. The number of hydrogen-bond donors (Lipinski definition) is 2. The average molecular weight is 355 g/mol. The second-order valence-electron chi connectivity index (χ2n) is 6.41. The molecule has 3 rings (SSSR count). The number of nitrogens with zero attached hydrogens (tertiary/aromatic N) is 1. The second kappa shape index (κ2) is 7.99. The van der Waals surface area contributed by atoms with Gasteiger partial charge in [-0.2, -0.15) is 0 Å². The molecule has 0 aliphatic carbocycles. The van der Waals surface area contributed by atoms with Gasteiger partial charge in [0.1, 0.15) is 11.9 Å². The summed E-state index contributed by atoms with van der Waals surface area (Å²) < 4.78 is 12.9. The monoisotopic (exact) mass is 355 g/mol. The highest BCUT2D eigenvalue weighted by molar-refractivity contribution is 5.95. The molecular weight excluding hydrogens is 333 g/mol. The molecule has 26 heavy (non-hydrogen) atoms. The van der Waals surface area contributed by atoms with E-state index in [1.54, 1.807) is 24.0 Å². The number of carbonyl (C=O) groups is 2. The zero-order valence-corrected chi connectivity index (χ0v) is 14.7. The van der Waals surface area contributed by atoms with Crippen molar-refractivity contribution in [2.75, 3.05) is 16.8 Å². The van der Waals surface area contributed by atoms with Gasteiger partial charge in [-0.1, -0.05) is 18.2 Å². The van der Waals surface area contributed by atoms with E-state index in [2.05, 4.69) is 10.6 Å². The maximum Gasteiger partial charge on any atom is 0.242 e. The van der Waals surface area contributed by atoms with Gasteiger partial charge in [-0.3, -0.25) is 9.59 Å². The van der Waals surface area contributed by atoms with Crippen LogP contribution in [0.25, 0.3) is 0 Å². The Bertz CT molecular complexity index is 792. The molecule has 0 aromatic heterocycles. The lowest BCUT2D eigenvalue weighted by atomic mass is 10.2. The first kappa shape index (κ1) is 17.9. The van der Waals surface area contributed by atoms with Crippen LogP contribution in [0.5, 0.6) is 0 Å². The molecule has 0 radical (unpaired) electrons. The van der Waals surface area contributed by atoms with Crippen LogP contribution in [0.3, 0.4) is 0 Å². The Morgan fingerprint density at radius 3 is 2.69 bits per heavy atom. The fourth-order valence-electron chi connectivity index (χ4n) is 2.94. The minimum Gasteiger partial charge on any atom is -0.374 e. The van der Waals surface area contributed by atoms with Crippen molar-refractivity contribution in [3.8, 4) is 0 Å². The quantitative estimate of drug-likeness (QED) is 0.837. The van der Waals surface area contributed by atoms with Crippen molar-refractivity contribution in [2.45, 2.75) is 32.4 Å². The van der Waals surface area contributed by atoms with Gasteiger partial charge < -0.3 is 15.5 Å². The molecule has 1 aliphatic rings. The van der Waals surface area contributed by atoms with E-state index in [1.165, 1.54) is 12.1 Å². The molecule has 1 aliphatic heterocycles. The topological polar surface area (TPSA) is 61.4 Å². The van der Waals surface area contributed by atoms with Crippen molar-refractivity contribution in [1.29, 1.82) is 0 Å². The second-order valence-corrected chi connectivity index (χ2v) is 6.41. The van der Waals surface area contributed by atoms with Crippen LogP contribution >= 0.6 is 0 Å². The van der Waals surface area contributed by atoms with Crippen LogP contribution in [0.4, 0.5) is 15.8 Å². The third kappa shape index (κ3) is 4.39. The van der Waals surface area contributed by atoms with E-state index in [1.807, 2.05) is 24.3 Å². The Balaban J connectivity index is 1.56. The summed E-state index contributed by atoms with van der Waals surface area (Å²) in [5, 5.41) is 5.98. The molecule has 0 saturated carbocycles. The van der Waals surface area contributed by atoms with Crippen LogP contribution in [0, 0.1) is 5.82 Å². The normalized spacial score (nSPS) is 15.0. The van der Waals surface area contributed by atoms with E-state index in [-0.39, 0.29) is 17.6 Å². The Hall–Kier alpha value is -2.89. The highest BCUT2D eigenvalue weighted by Crippen LogP contribution is 2.24. The van der Waals surface area contributed by atoms with E-state index in [0.717, 1.165) is 29.9 Å². The van der Waals surface area contributed by atoms with E-state index < -0.39 is 6.04 Å². The molecule has 136 valence electrons. The number of rotatable bonds is 6. The fourth-order valence-corrected chi connectivity index (χ4v) is 2.94. The molecule has 0 bridgehead atoms. The molecule has 2 aromatic carbocycles. The molecule has 1 saturated heterocycles. The zero-order valence-electron chi connectivity index (χ0n) is 14.7. The number of halogens is 1. The predicted octanol–water partition coefficient (Wildman–Crippen LogP) is 3.07. The number of amides is 2. The van der Waals surface area contributed by atoms with Gasteiger partial charge in [0.2, 0.25) is 11.8 Å². The van der Waals surface area contributed by atoms with Gasteiger partial charge in [0.25, 0.3) is 0 Å². The highest BCUT2D eigenvalue weighted by Gasteiger charge is 2.22. The van der Waals surface area contributed by atoms with E-state index in [0.29, 0.717) is 13.0 Å². The van der Waals surface area contributed by atoms with Crippen LogP contribution in [0.15, 0.2) is 48.5 Å². The first-order chi connectivity index (χ1) is 12.5. The van der Waals surface area contributed by atoms with Gasteiger partial charge in [0, 0.05) is 30.9 Å². The molecule has 5 nitrogen and oxygen atoms in total. The van der Waals surface area contributed by atoms with Crippen LogP contribution in [0.1, 0.15) is 25.3 Å². The molecule has 1 heterocycles. The third-order valence-corrected chi connectivity index (χ3v) is 4.39. The maximum absolute atomic E-state index is 12.9. The average Bonchev–Trinajstić information content (AvgIpc) is 3.07. The molecule has 2 N–H and O–H groups in total. The van der Waals surface area contributed by atoms with Crippen molar-refractivity contribution in [3.63, 3.8) is 0 Å².